The Kier molecular flexibility index (Phi) is 4.84. The van der Waals surface area contributed by atoms with Crippen molar-refractivity contribution in [2.75, 3.05) is 13.6 Å². The van der Waals surface area contributed by atoms with Crippen LogP contribution in [0.1, 0.15) is 17.3 Å². The quantitative estimate of drug-likeness (QED) is 0.904. The highest BCUT2D eigenvalue weighted by atomic mass is 16.5. The van der Waals surface area contributed by atoms with Crippen LogP contribution in [0.25, 0.3) is 0 Å². The average molecular weight is 286 g/mol. The van der Waals surface area contributed by atoms with E-state index in [1.165, 1.54) is 6.20 Å². The lowest BCUT2D eigenvalue weighted by Crippen LogP contribution is -2.39. The molecule has 0 aliphatic carbocycles. The number of aromatic nitrogens is 2. The molecule has 1 heterocycles. The number of carbonyl (C=O) groups is 1. The predicted octanol–water partition coefficient (Wildman–Crippen LogP) is 1.69. The van der Waals surface area contributed by atoms with Crippen molar-refractivity contribution in [2.45, 2.75) is 13.0 Å². The lowest BCUT2D eigenvalue weighted by molar-refractivity contribution is 0.0748. The third-order valence-electron chi connectivity index (χ3n) is 3.17. The molecule has 6 heteroatoms. The van der Waals surface area contributed by atoms with Crippen LogP contribution >= 0.6 is 0 Å². The van der Waals surface area contributed by atoms with Crippen molar-refractivity contribution in [1.29, 1.82) is 0 Å². The maximum absolute atomic E-state index is 12.3. The van der Waals surface area contributed by atoms with Crippen LogP contribution in [0.3, 0.4) is 0 Å². The summed E-state index contributed by atoms with van der Waals surface area (Å²) in [6, 6.07) is 6.92. The topological polar surface area (TPSA) is 81.3 Å². The van der Waals surface area contributed by atoms with Gasteiger partial charge >= 0.3 is 0 Å². The molecule has 0 spiro atoms. The van der Waals surface area contributed by atoms with Gasteiger partial charge in [0.25, 0.3) is 5.91 Å². The molecule has 1 aromatic heterocycles. The van der Waals surface area contributed by atoms with Gasteiger partial charge in [0, 0.05) is 37.6 Å². The fourth-order valence-electron chi connectivity index (χ4n) is 1.71. The van der Waals surface area contributed by atoms with Crippen LogP contribution in [-0.4, -0.2) is 40.4 Å². The van der Waals surface area contributed by atoms with E-state index in [1.807, 2.05) is 6.92 Å². The van der Waals surface area contributed by atoms with Crippen molar-refractivity contribution in [2.24, 2.45) is 5.73 Å². The summed E-state index contributed by atoms with van der Waals surface area (Å²) in [5.74, 6) is 0.818. The number of rotatable bonds is 5. The summed E-state index contributed by atoms with van der Waals surface area (Å²) in [6.07, 6.45) is 4.62. The second-order valence-electron chi connectivity index (χ2n) is 4.67. The Morgan fingerprint density at radius 1 is 1.43 bits per heavy atom. The minimum Gasteiger partial charge on any atom is -0.437 e. The van der Waals surface area contributed by atoms with Crippen LogP contribution in [0.4, 0.5) is 0 Å². The van der Waals surface area contributed by atoms with Gasteiger partial charge in [-0.1, -0.05) is 6.07 Å². The number of benzene rings is 1. The minimum atomic E-state index is -0.0995. The Labute approximate surface area is 123 Å². The molecule has 2 aromatic rings. The van der Waals surface area contributed by atoms with Gasteiger partial charge in [-0.3, -0.25) is 9.78 Å². The van der Waals surface area contributed by atoms with E-state index in [4.69, 9.17) is 10.5 Å². The van der Waals surface area contributed by atoms with Crippen LogP contribution in [0.5, 0.6) is 11.6 Å². The maximum Gasteiger partial charge on any atom is 0.254 e. The molecule has 1 atom stereocenters. The van der Waals surface area contributed by atoms with Crippen molar-refractivity contribution in [3.63, 3.8) is 0 Å². The lowest BCUT2D eigenvalue weighted by atomic mass is 10.1. The molecule has 0 saturated carbocycles. The molecule has 1 unspecified atom stereocenters. The number of hydrogen-bond donors (Lipinski definition) is 1. The Morgan fingerprint density at radius 3 is 2.90 bits per heavy atom. The van der Waals surface area contributed by atoms with E-state index < -0.39 is 0 Å². The van der Waals surface area contributed by atoms with Crippen molar-refractivity contribution in [3.05, 3.63) is 48.4 Å². The van der Waals surface area contributed by atoms with E-state index in [2.05, 4.69) is 9.97 Å². The first kappa shape index (κ1) is 14.9. The Hall–Kier alpha value is -2.47. The van der Waals surface area contributed by atoms with Gasteiger partial charge in [-0.2, -0.15) is 0 Å². The van der Waals surface area contributed by atoms with E-state index >= 15 is 0 Å². The van der Waals surface area contributed by atoms with Gasteiger partial charge in [0.1, 0.15) is 5.75 Å². The van der Waals surface area contributed by atoms with Crippen LogP contribution < -0.4 is 10.5 Å². The number of likely N-dealkylation sites (N-methyl/N-ethyl adjacent to an activating group) is 1. The standard InChI is InChI=1S/C15H18N4O2/c1-11(9-16)19(2)15(20)12-4-3-5-13(8-12)21-14-10-17-6-7-18-14/h3-8,10-11H,9,16H2,1-2H3. The van der Waals surface area contributed by atoms with Gasteiger partial charge in [-0.05, 0) is 25.1 Å². The van der Waals surface area contributed by atoms with Crippen molar-refractivity contribution < 1.29 is 9.53 Å². The first-order chi connectivity index (χ1) is 10.1. The molecule has 0 bridgehead atoms. The first-order valence-electron chi connectivity index (χ1n) is 6.63. The van der Waals surface area contributed by atoms with Gasteiger partial charge in [-0.15, -0.1) is 0 Å². The van der Waals surface area contributed by atoms with E-state index in [-0.39, 0.29) is 11.9 Å². The van der Waals surface area contributed by atoms with E-state index in [1.54, 1.807) is 48.6 Å². The molecule has 0 fully saturated rings. The van der Waals surface area contributed by atoms with Crippen LogP contribution in [0.15, 0.2) is 42.9 Å². The van der Waals surface area contributed by atoms with Gasteiger partial charge in [-0.25, -0.2) is 4.98 Å². The Balaban J connectivity index is 2.16. The van der Waals surface area contributed by atoms with Crippen LogP contribution in [-0.2, 0) is 0 Å². The zero-order chi connectivity index (χ0) is 15.2. The SMILES string of the molecule is CC(CN)N(C)C(=O)c1cccc(Oc2cnccn2)c1. The highest BCUT2D eigenvalue weighted by Crippen LogP contribution is 2.20. The fraction of sp³-hybridized carbons (Fsp3) is 0.267. The summed E-state index contributed by atoms with van der Waals surface area (Å²) >= 11 is 0. The summed E-state index contributed by atoms with van der Waals surface area (Å²) in [7, 11) is 1.73. The smallest absolute Gasteiger partial charge is 0.254 e. The molecular weight excluding hydrogens is 268 g/mol. The molecule has 0 radical (unpaired) electrons. The Bertz CT molecular complexity index is 604. The number of nitrogens with zero attached hydrogens (tertiary/aromatic N) is 3. The molecule has 0 aliphatic rings. The number of ether oxygens (including phenoxy) is 1. The number of amides is 1. The van der Waals surface area contributed by atoms with Crippen molar-refractivity contribution in [1.82, 2.24) is 14.9 Å². The van der Waals surface area contributed by atoms with E-state index in [0.29, 0.717) is 23.7 Å². The molecule has 110 valence electrons. The number of carbonyl (C=O) groups excluding carboxylic acids is 1. The zero-order valence-electron chi connectivity index (χ0n) is 12.1. The van der Waals surface area contributed by atoms with E-state index in [9.17, 15) is 4.79 Å². The Morgan fingerprint density at radius 2 is 2.24 bits per heavy atom. The highest BCUT2D eigenvalue weighted by Gasteiger charge is 2.16. The molecule has 1 amide bonds. The average Bonchev–Trinajstić information content (AvgIpc) is 2.54. The predicted molar refractivity (Wildman–Crippen MR) is 79.2 cm³/mol. The first-order valence-corrected chi connectivity index (χ1v) is 6.63. The molecule has 2 N–H and O–H groups in total. The lowest BCUT2D eigenvalue weighted by Gasteiger charge is -2.23. The monoisotopic (exact) mass is 286 g/mol. The third kappa shape index (κ3) is 3.76. The molecule has 6 nitrogen and oxygen atoms in total. The normalized spacial score (nSPS) is 11.8. The van der Waals surface area contributed by atoms with Crippen LogP contribution in [0.2, 0.25) is 0 Å². The fourth-order valence-corrected chi connectivity index (χ4v) is 1.71. The van der Waals surface area contributed by atoms with Crippen molar-refractivity contribution in [3.8, 4) is 11.6 Å². The molecule has 21 heavy (non-hydrogen) atoms. The summed E-state index contributed by atoms with van der Waals surface area (Å²) < 4.78 is 5.57. The maximum atomic E-state index is 12.3. The largest absolute Gasteiger partial charge is 0.437 e. The van der Waals surface area contributed by atoms with Crippen LogP contribution in [0, 0.1) is 0 Å². The number of hydrogen-bond acceptors (Lipinski definition) is 5. The molecule has 0 saturated heterocycles. The van der Waals surface area contributed by atoms with Gasteiger partial charge in [0.15, 0.2) is 0 Å². The third-order valence-corrected chi connectivity index (χ3v) is 3.17. The summed E-state index contributed by atoms with van der Waals surface area (Å²) in [6.45, 7) is 2.32. The molecule has 2 rings (SSSR count). The summed E-state index contributed by atoms with van der Waals surface area (Å²) in [5.41, 5.74) is 6.13. The minimum absolute atomic E-state index is 0.0259. The highest BCUT2D eigenvalue weighted by molar-refractivity contribution is 5.94. The molecular formula is C15H18N4O2. The van der Waals surface area contributed by atoms with Gasteiger partial charge in [0.05, 0.1) is 6.20 Å². The van der Waals surface area contributed by atoms with Gasteiger partial charge < -0.3 is 15.4 Å². The molecule has 1 aromatic carbocycles. The molecule has 0 aliphatic heterocycles. The zero-order valence-corrected chi connectivity index (χ0v) is 12.1. The summed E-state index contributed by atoms with van der Waals surface area (Å²) in [4.78, 5) is 21.9. The van der Waals surface area contributed by atoms with Gasteiger partial charge in [0.2, 0.25) is 5.88 Å². The summed E-state index contributed by atoms with van der Waals surface area (Å²) in [5, 5.41) is 0. The number of nitrogens with two attached hydrogens (primary N) is 1. The van der Waals surface area contributed by atoms with Crippen molar-refractivity contribution >= 4 is 5.91 Å². The second-order valence-corrected chi connectivity index (χ2v) is 4.67. The van der Waals surface area contributed by atoms with E-state index in [0.717, 1.165) is 0 Å². The second kappa shape index (κ2) is 6.81.